The Morgan fingerprint density at radius 1 is 1.47 bits per heavy atom. The molecule has 0 saturated heterocycles. The van der Waals surface area contributed by atoms with Crippen LogP contribution in [-0.4, -0.2) is 12.1 Å². The van der Waals surface area contributed by atoms with Crippen LogP contribution in [0.1, 0.15) is 19.4 Å². The molecule has 1 aromatic carbocycles. The first kappa shape index (κ1) is 11.7. The van der Waals surface area contributed by atoms with Crippen molar-refractivity contribution in [1.82, 2.24) is 5.43 Å². The van der Waals surface area contributed by atoms with Gasteiger partial charge in [-0.2, -0.15) is 5.10 Å². The number of carbonyl (C=O) groups is 1. The number of halogens is 1. The fraction of sp³-hybridized carbons (Fsp3) is 0.273. The van der Waals surface area contributed by atoms with Gasteiger partial charge in [0.05, 0.1) is 6.21 Å². The lowest BCUT2D eigenvalue weighted by molar-refractivity contribution is -0.123. The summed E-state index contributed by atoms with van der Waals surface area (Å²) in [6.07, 6.45) is 1.53. The van der Waals surface area contributed by atoms with Crippen molar-refractivity contribution in [3.63, 3.8) is 0 Å². The molecule has 0 saturated carbocycles. The van der Waals surface area contributed by atoms with Gasteiger partial charge in [-0.15, -0.1) is 0 Å². The van der Waals surface area contributed by atoms with E-state index in [1.165, 1.54) is 6.21 Å². The van der Waals surface area contributed by atoms with Crippen LogP contribution >= 0.6 is 11.6 Å². The van der Waals surface area contributed by atoms with E-state index in [-0.39, 0.29) is 11.8 Å². The SMILES string of the molecule is CC(C)C(=O)N/N=C/c1ccccc1Cl. The van der Waals surface area contributed by atoms with Gasteiger partial charge in [-0.1, -0.05) is 43.6 Å². The van der Waals surface area contributed by atoms with Gasteiger partial charge in [-0.05, 0) is 6.07 Å². The number of nitrogens with one attached hydrogen (secondary N) is 1. The molecular formula is C11H13ClN2O. The summed E-state index contributed by atoms with van der Waals surface area (Å²) < 4.78 is 0. The molecule has 15 heavy (non-hydrogen) atoms. The van der Waals surface area contributed by atoms with Crippen LogP contribution in [0.5, 0.6) is 0 Å². The quantitative estimate of drug-likeness (QED) is 0.622. The molecule has 0 aromatic heterocycles. The summed E-state index contributed by atoms with van der Waals surface area (Å²) in [5, 5.41) is 4.43. The fourth-order valence-electron chi connectivity index (χ4n) is 0.874. The molecule has 1 amide bonds. The highest BCUT2D eigenvalue weighted by molar-refractivity contribution is 6.33. The molecule has 3 nitrogen and oxygen atoms in total. The average molecular weight is 225 g/mol. The molecule has 0 aliphatic heterocycles. The Balaban J connectivity index is 2.59. The highest BCUT2D eigenvalue weighted by Crippen LogP contribution is 2.11. The number of rotatable bonds is 3. The van der Waals surface area contributed by atoms with Gasteiger partial charge in [0.1, 0.15) is 0 Å². The second-order valence-corrected chi connectivity index (χ2v) is 3.82. The molecule has 0 atom stereocenters. The average Bonchev–Trinajstić information content (AvgIpc) is 2.20. The molecule has 1 rings (SSSR count). The predicted molar refractivity (Wildman–Crippen MR) is 62.0 cm³/mol. The molecule has 80 valence electrons. The summed E-state index contributed by atoms with van der Waals surface area (Å²) >= 11 is 5.90. The number of benzene rings is 1. The van der Waals surface area contributed by atoms with Crippen molar-refractivity contribution in [2.75, 3.05) is 0 Å². The highest BCUT2D eigenvalue weighted by atomic mass is 35.5. The maximum Gasteiger partial charge on any atom is 0.242 e. The van der Waals surface area contributed by atoms with Gasteiger partial charge in [0.2, 0.25) is 5.91 Å². The maximum absolute atomic E-state index is 11.2. The Morgan fingerprint density at radius 2 is 2.13 bits per heavy atom. The molecule has 0 spiro atoms. The van der Waals surface area contributed by atoms with Gasteiger partial charge in [-0.25, -0.2) is 5.43 Å². The Morgan fingerprint density at radius 3 is 2.73 bits per heavy atom. The van der Waals surface area contributed by atoms with Gasteiger partial charge in [0, 0.05) is 16.5 Å². The number of nitrogens with zero attached hydrogens (tertiary/aromatic N) is 1. The third kappa shape index (κ3) is 3.72. The van der Waals surface area contributed by atoms with Crippen LogP contribution in [0.4, 0.5) is 0 Å². The third-order valence-corrected chi connectivity index (χ3v) is 2.15. The monoisotopic (exact) mass is 224 g/mol. The van der Waals surface area contributed by atoms with E-state index in [0.29, 0.717) is 5.02 Å². The van der Waals surface area contributed by atoms with Crippen molar-refractivity contribution in [3.8, 4) is 0 Å². The van der Waals surface area contributed by atoms with Crippen molar-refractivity contribution in [2.24, 2.45) is 11.0 Å². The number of carbonyl (C=O) groups excluding carboxylic acids is 1. The zero-order valence-corrected chi connectivity index (χ0v) is 9.45. The van der Waals surface area contributed by atoms with Crippen molar-refractivity contribution in [2.45, 2.75) is 13.8 Å². The molecule has 4 heteroatoms. The van der Waals surface area contributed by atoms with Crippen LogP contribution in [0, 0.1) is 5.92 Å². The summed E-state index contributed by atoms with van der Waals surface area (Å²) in [5.74, 6) is -0.188. The summed E-state index contributed by atoms with van der Waals surface area (Å²) in [5.41, 5.74) is 3.21. The van der Waals surface area contributed by atoms with E-state index in [0.717, 1.165) is 5.56 Å². The van der Waals surface area contributed by atoms with Crippen LogP contribution in [0.15, 0.2) is 29.4 Å². The zero-order chi connectivity index (χ0) is 11.3. The lowest BCUT2D eigenvalue weighted by atomic mass is 10.2. The highest BCUT2D eigenvalue weighted by Gasteiger charge is 2.03. The third-order valence-electron chi connectivity index (χ3n) is 1.81. The molecule has 0 radical (unpaired) electrons. The number of hydrogen-bond acceptors (Lipinski definition) is 2. The lowest BCUT2D eigenvalue weighted by Crippen LogP contribution is -2.22. The minimum atomic E-state index is -0.113. The van der Waals surface area contributed by atoms with Gasteiger partial charge in [0.15, 0.2) is 0 Å². The molecule has 0 fully saturated rings. The Labute approximate surface area is 94.1 Å². The van der Waals surface area contributed by atoms with E-state index < -0.39 is 0 Å². The second-order valence-electron chi connectivity index (χ2n) is 3.41. The number of hydrazone groups is 1. The summed E-state index contributed by atoms with van der Waals surface area (Å²) in [6.45, 7) is 3.61. The van der Waals surface area contributed by atoms with Crippen molar-refractivity contribution < 1.29 is 4.79 Å². The van der Waals surface area contributed by atoms with E-state index in [9.17, 15) is 4.79 Å². The molecule has 0 heterocycles. The topological polar surface area (TPSA) is 41.5 Å². The van der Waals surface area contributed by atoms with Gasteiger partial charge >= 0.3 is 0 Å². The Hall–Kier alpha value is -1.35. The van der Waals surface area contributed by atoms with Crippen LogP contribution in [0.2, 0.25) is 5.02 Å². The molecule has 0 bridgehead atoms. The van der Waals surface area contributed by atoms with E-state index in [1.54, 1.807) is 19.9 Å². The first-order valence-electron chi connectivity index (χ1n) is 4.68. The Kier molecular flexibility index (Phi) is 4.31. The molecule has 0 unspecified atom stereocenters. The molecular weight excluding hydrogens is 212 g/mol. The van der Waals surface area contributed by atoms with E-state index in [1.807, 2.05) is 18.2 Å². The summed E-state index contributed by atoms with van der Waals surface area (Å²) in [6, 6.07) is 7.30. The zero-order valence-electron chi connectivity index (χ0n) is 8.70. The van der Waals surface area contributed by atoms with Gasteiger partial charge in [0.25, 0.3) is 0 Å². The minimum Gasteiger partial charge on any atom is -0.273 e. The van der Waals surface area contributed by atoms with Crippen LogP contribution in [0.3, 0.4) is 0 Å². The first-order chi connectivity index (χ1) is 7.11. The molecule has 1 aromatic rings. The van der Waals surface area contributed by atoms with Gasteiger partial charge < -0.3 is 0 Å². The van der Waals surface area contributed by atoms with E-state index in [2.05, 4.69) is 10.5 Å². The van der Waals surface area contributed by atoms with Crippen molar-refractivity contribution in [3.05, 3.63) is 34.9 Å². The summed E-state index contributed by atoms with van der Waals surface area (Å²) in [7, 11) is 0. The van der Waals surface area contributed by atoms with E-state index in [4.69, 9.17) is 11.6 Å². The lowest BCUT2D eigenvalue weighted by Gasteiger charge is -2.01. The largest absolute Gasteiger partial charge is 0.273 e. The number of amides is 1. The minimum absolute atomic E-state index is 0.0756. The molecule has 1 N–H and O–H groups in total. The normalized spacial score (nSPS) is 10.9. The van der Waals surface area contributed by atoms with Crippen LogP contribution in [0.25, 0.3) is 0 Å². The maximum atomic E-state index is 11.2. The van der Waals surface area contributed by atoms with Crippen molar-refractivity contribution >= 4 is 23.7 Å². The van der Waals surface area contributed by atoms with Crippen molar-refractivity contribution in [1.29, 1.82) is 0 Å². The standard InChI is InChI=1S/C11H13ClN2O/c1-8(2)11(15)14-13-7-9-5-3-4-6-10(9)12/h3-8H,1-2H3,(H,14,15)/b13-7+. The van der Waals surface area contributed by atoms with Crippen LogP contribution in [-0.2, 0) is 4.79 Å². The Bertz CT molecular complexity index is 375. The first-order valence-corrected chi connectivity index (χ1v) is 5.06. The smallest absolute Gasteiger partial charge is 0.242 e. The molecule has 0 aliphatic carbocycles. The predicted octanol–water partition coefficient (Wildman–Crippen LogP) is 2.45. The fourth-order valence-corrected chi connectivity index (χ4v) is 1.06. The number of hydrogen-bond donors (Lipinski definition) is 1. The summed E-state index contributed by atoms with van der Waals surface area (Å²) in [4.78, 5) is 11.2. The molecule has 0 aliphatic rings. The van der Waals surface area contributed by atoms with E-state index >= 15 is 0 Å². The second kappa shape index (κ2) is 5.51. The van der Waals surface area contributed by atoms with Gasteiger partial charge in [-0.3, -0.25) is 4.79 Å². The van der Waals surface area contributed by atoms with Crippen LogP contribution < -0.4 is 5.43 Å².